The molecule has 152 valence electrons. The molecule has 4 rings (SSSR count). The molecule has 0 aliphatic rings. The summed E-state index contributed by atoms with van der Waals surface area (Å²) in [4.78, 5) is 30.7. The van der Waals surface area contributed by atoms with Crippen LogP contribution in [0.15, 0.2) is 48.7 Å². The fraction of sp³-hybridized carbons (Fsp3) is 0.143. The number of carbonyl (C=O) groups is 2. The summed E-state index contributed by atoms with van der Waals surface area (Å²) in [7, 11) is 1.85. The van der Waals surface area contributed by atoms with Crippen LogP contribution in [0.2, 0.25) is 5.02 Å². The smallest absolute Gasteiger partial charge is 0.265 e. The van der Waals surface area contributed by atoms with Crippen molar-refractivity contribution in [1.29, 1.82) is 0 Å². The van der Waals surface area contributed by atoms with Crippen LogP contribution in [0.3, 0.4) is 0 Å². The minimum absolute atomic E-state index is 0.237. The summed E-state index contributed by atoms with van der Waals surface area (Å²) in [5.41, 5.74) is 2.47. The first-order chi connectivity index (χ1) is 14.4. The van der Waals surface area contributed by atoms with Gasteiger partial charge in [-0.1, -0.05) is 17.7 Å². The lowest BCUT2D eigenvalue weighted by Crippen LogP contribution is -2.23. The van der Waals surface area contributed by atoms with E-state index in [1.165, 1.54) is 11.3 Å². The number of rotatable bonds is 5. The number of hydrogen-bond acceptors (Lipinski definition) is 5. The summed E-state index contributed by atoms with van der Waals surface area (Å²) in [6, 6.07) is 12.1. The zero-order valence-electron chi connectivity index (χ0n) is 16.3. The Labute approximate surface area is 181 Å². The molecule has 0 saturated carbocycles. The summed E-state index contributed by atoms with van der Waals surface area (Å²) < 4.78 is 1.77. The first-order valence-corrected chi connectivity index (χ1v) is 10.3. The highest BCUT2D eigenvalue weighted by molar-refractivity contribution is 7.20. The lowest BCUT2D eigenvalue weighted by atomic mass is 10.2. The van der Waals surface area contributed by atoms with E-state index in [2.05, 4.69) is 20.7 Å². The van der Waals surface area contributed by atoms with Crippen LogP contribution in [0.1, 0.15) is 31.4 Å². The second-order valence-electron chi connectivity index (χ2n) is 6.69. The molecule has 0 saturated heterocycles. The number of hydrogen-bond donors (Lipinski definition) is 2. The minimum atomic E-state index is -0.309. The number of anilines is 1. The van der Waals surface area contributed by atoms with Crippen molar-refractivity contribution in [2.24, 2.45) is 7.05 Å². The monoisotopic (exact) mass is 439 g/mol. The molecule has 30 heavy (non-hydrogen) atoms. The van der Waals surface area contributed by atoms with Crippen LogP contribution in [0.5, 0.6) is 0 Å². The van der Waals surface area contributed by atoms with Crippen LogP contribution in [-0.4, -0.2) is 26.6 Å². The van der Waals surface area contributed by atoms with Crippen molar-refractivity contribution in [2.75, 3.05) is 5.32 Å². The second kappa shape index (κ2) is 8.25. The molecule has 0 radical (unpaired) electrons. The van der Waals surface area contributed by atoms with Crippen LogP contribution in [0.25, 0.3) is 10.2 Å². The summed E-state index contributed by atoms with van der Waals surface area (Å²) in [5.74, 6) is -0.546. The number of nitrogens with one attached hydrogen (secondary N) is 2. The Hall–Kier alpha value is -3.23. The van der Waals surface area contributed by atoms with E-state index in [1.54, 1.807) is 29.1 Å². The summed E-state index contributed by atoms with van der Waals surface area (Å²) in [5, 5.41) is 11.2. The zero-order valence-corrected chi connectivity index (χ0v) is 17.8. The largest absolute Gasteiger partial charge is 0.346 e. The van der Waals surface area contributed by atoms with Crippen molar-refractivity contribution in [2.45, 2.75) is 13.5 Å². The maximum Gasteiger partial charge on any atom is 0.265 e. The number of nitrogens with zero attached hydrogens (tertiary/aromatic N) is 3. The third-order valence-corrected chi connectivity index (χ3v) is 6.06. The third-order valence-electron chi connectivity index (χ3n) is 4.55. The first kappa shape index (κ1) is 20.1. The molecule has 1 aromatic carbocycles. The zero-order chi connectivity index (χ0) is 21.3. The Bertz CT molecular complexity index is 1210. The van der Waals surface area contributed by atoms with Crippen LogP contribution in [0, 0.1) is 6.92 Å². The Morgan fingerprint density at radius 3 is 2.70 bits per heavy atom. The van der Waals surface area contributed by atoms with Crippen molar-refractivity contribution >= 4 is 50.7 Å². The van der Waals surface area contributed by atoms with Gasteiger partial charge in [-0.3, -0.25) is 19.3 Å². The Morgan fingerprint density at radius 1 is 1.17 bits per heavy atom. The number of thiophene rings is 1. The maximum atomic E-state index is 12.6. The molecule has 4 aromatic rings. The first-order valence-electron chi connectivity index (χ1n) is 9.14. The standard InChI is InChI=1S/C21H18ClN5O2S/c1-12-16-10-18(30-21(16)27(2)26-12)20(29)25-13-6-7-15(17(22)9-13)19(28)24-11-14-5-3-4-8-23-14/h3-10H,11H2,1-2H3,(H,24,28)(H,25,29). The predicted octanol–water partition coefficient (Wildman–Crippen LogP) is 4.17. The summed E-state index contributed by atoms with van der Waals surface area (Å²) in [6.45, 7) is 2.21. The van der Waals surface area contributed by atoms with Crippen molar-refractivity contribution < 1.29 is 9.59 Å². The number of aryl methyl sites for hydroxylation is 2. The molecule has 3 heterocycles. The number of carbonyl (C=O) groups excluding carboxylic acids is 2. The average Bonchev–Trinajstić information content (AvgIpc) is 3.28. The molecule has 0 bridgehead atoms. The Morgan fingerprint density at radius 2 is 2.00 bits per heavy atom. The van der Waals surface area contributed by atoms with E-state index >= 15 is 0 Å². The van der Waals surface area contributed by atoms with Crippen molar-refractivity contribution in [3.63, 3.8) is 0 Å². The van der Waals surface area contributed by atoms with Gasteiger partial charge in [0.15, 0.2) is 0 Å². The highest BCUT2D eigenvalue weighted by Crippen LogP contribution is 2.29. The van der Waals surface area contributed by atoms with E-state index in [-0.39, 0.29) is 16.8 Å². The van der Waals surface area contributed by atoms with Gasteiger partial charge in [0.2, 0.25) is 0 Å². The van der Waals surface area contributed by atoms with E-state index in [0.717, 1.165) is 21.6 Å². The van der Waals surface area contributed by atoms with Gasteiger partial charge in [-0.15, -0.1) is 11.3 Å². The quantitative estimate of drug-likeness (QED) is 0.488. The molecule has 0 atom stereocenters. The highest BCUT2D eigenvalue weighted by Gasteiger charge is 2.16. The van der Waals surface area contributed by atoms with Crippen molar-refractivity contribution in [1.82, 2.24) is 20.1 Å². The van der Waals surface area contributed by atoms with E-state index in [0.29, 0.717) is 22.7 Å². The van der Waals surface area contributed by atoms with Gasteiger partial charge in [0, 0.05) is 24.3 Å². The number of halogens is 1. The molecular formula is C21H18ClN5O2S. The number of amides is 2. The maximum absolute atomic E-state index is 12.6. The van der Waals surface area contributed by atoms with Gasteiger partial charge in [-0.05, 0) is 43.3 Å². The Kier molecular flexibility index (Phi) is 5.52. The molecule has 2 amide bonds. The predicted molar refractivity (Wildman–Crippen MR) is 118 cm³/mol. The minimum Gasteiger partial charge on any atom is -0.346 e. The normalized spacial score (nSPS) is 10.9. The number of benzene rings is 1. The van der Waals surface area contributed by atoms with Gasteiger partial charge < -0.3 is 10.6 Å². The number of fused-ring (bicyclic) bond motifs is 1. The van der Waals surface area contributed by atoms with Crippen LogP contribution in [0.4, 0.5) is 5.69 Å². The molecular weight excluding hydrogens is 422 g/mol. The molecule has 7 nitrogen and oxygen atoms in total. The number of aromatic nitrogens is 3. The molecule has 0 unspecified atom stereocenters. The third kappa shape index (κ3) is 4.05. The van der Waals surface area contributed by atoms with Gasteiger partial charge in [0.25, 0.3) is 11.8 Å². The topological polar surface area (TPSA) is 88.9 Å². The molecule has 2 N–H and O–H groups in total. The van der Waals surface area contributed by atoms with Gasteiger partial charge >= 0.3 is 0 Å². The van der Waals surface area contributed by atoms with E-state index < -0.39 is 0 Å². The average molecular weight is 440 g/mol. The molecule has 0 aliphatic carbocycles. The summed E-state index contributed by atoms with van der Waals surface area (Å²) >= 11 is 7.66. The van der Waals surface area contributed by atoms with Gasteiger partial charge in [-0.25, -0.2) is 0 Å². The van der Waals surface area contributed by atoms with Crippen LogP contribution < -0.4 is 10.6 Å². The van der Waals surface area contributed by atoms with Crippen molar-refractivity contribution in [3.8, 4) is 0 Å². The van der Waals surface area contributed by atoms with Crippen molar-refractivity contribution in [3.05, 3.63) is 75.5 Å². The van der Waals surface area contributed by atoms with E-state index in [9.17, 15) is 9.59 Å². The molecule has 0 fully saturated rings. The van der Waals surface area contributed by atoms with Gasteiger partial charge in [0.1, 0.15) is 4.83 Å². The van der Waals surface area contributed by atoms with Crippen LogP contribution in [-0.2, 0) is 13.6 Å². The summed E-state index contributed by atoms with van der Waals surface area (Å²) in [6.07, 6.45) is 1.67. The fourth-order valence-electron chi connectivity index (χ4n) is 3.06. The van der Waals surface area contributed by atoms with E-state index in [1.807, 2.05) is 38.2 Å². The molecule has 3 aromatic heterocycles. The van der Waals surface area contributed by atoms with E-state index in [4.69, 9.17) is 11.6 Å². The van der Waals surface area contributed by atoms with Gasteiger partial charge in [-0.2, -0.15) is 5.10 Å². The Balaban J connectivity index is 1.45. The fourth-order valence-corrected chi connectivity index (χ4v) is 4.34. The lowest BCUT2D eigenvalue weighted by molar-refractivity contribution is 0.0950. The molecule has 0 aliphatic heterocycles. The SMILES string of the molecule is Cc1nn(C)c2sc(C(=O)Nc3ccc(C(=O)NCc4ccccn4)c(Cl)c3)cc12. The van der Waals surface area contributed by atoms with Gasteiger partial charge in [0.05, 0.1) is 33.4 Å². The lowest BCUT2D eigenvalue weighted by Gasteiger charge is -2.09. The number of pyridine rings is 1. The van der Waals surface area contributed by atoms with Crippen LogP contribution >= 0.6 is 22.9 Å². The second-order valence-corrected chi connectivity index (χ2v) is 8.13. The molecule has 9 heteroatoms. The molecule has 0 spiro atoms. The highest BCUT2D eigenvalue weighted by atomic mass is 35.5.